The third-order valence-electron chi connectivity index (χ3n) is 3.27. The number of carbonyl (C=O) groups excluding carboxylic acids is 1. The molecule has 1 saturated carbocycles. The zero-order valence-electron chi connectivity index (χ0n) is 8.57. The molecule has 0 saturated heterocycles. The summed E-state index contributed by atoms with van der Waals surface area (Å²) in [7, 11) is 0. The van der Waals surface area contributed by atoms with Crippen LogP contribution in [0.25, 0.3) is 0 Å². The fraction of sp³-hybridized carbons (Fsp3) is 0.462. The van der Waals surface area contributed by atoms with Gasteiger partial charge in [0, 0.05) is 5.92 Å². The summed E-state index contributed by atoms with van der Waals surface area (Å²) in [6.45, 7) is 1.73. The summed E-state index contributed by atoms with van der Waals surface area (Å²) in [6.07, 6.45) is 3.45. The molecule has 0 spiro atoms. The van der Waals surface area contributed by atoms with E-state index in [-0.39, 0.29) is 5.92 Å². The van der Waals surface area contributed by atoms with E-state index in [4.69, 9.17) is 0 Å². The number of rotatable bonds is 2. The number of Topliss-reactive ketones (excluding diaryl/α,β-unsaturated/α-hetero) is 1. The molecule has 0 bridgehead atoms. The summed E-state index contributed by atoms with van der Waals surface area (Å²) in [5.74, 6) is 1.11. The van der Waals surface area contributed by atoms with Gasteiger partial charge in [-0.3, -0.25) is 4.79 Å². The second-order valence-corrected chi connectivity index (χ2v) is 4.17. The SMILES string of the molecule is CC(=O)[C@@H]1CCC[C@H]1c1ccccc1. The van der Waals surface area contributed by atoms with Gasteiger partial charge in [-0.05, 0) is 31.2 Å². The Hall–Kier alpha value is -1.11. The lowest BCUT2D eigenvalue weighted by atomic mass is 9.87. The van der Waals surface area contributed by atoms with E-state index >= 15 is 0 Å². The average molecular weight is 188 g/mol. The number of ketones is 1. The van der Waals surface area contributed by atoms with Gasteiger partial charge in [-0.15, -0.1) is 0 Å². The molecule has 1 aromatic rings. The summed E-state index contributed by atoms with van der Waals surface area (Å²) < 4.78 is 0. The molecule has 2 atom stereocenters. The van der Waals surface area contributed by atoms with Gasteiger partial charge >= 0.3 is 0 Å². The van der Waals surface area contributed by atoms with E-state index in [9.17, 15) is 4.79 Å². The van der Waals surface area contributed by atoms with Crippen LogP contribution >= 0.6 is 0 Å². The van der Waals surface area contributed by atoms with E-state index in [2.05, 4.69) is 24.3 Å². The maximum atomic E-state index is 11.4. The minimum atomic E-state index is 0.275. The van der Waals surface area contributed by atoms with Crippen LogP contribution < -0.4 is 0 Å². The Morgan fingerprint density at radius 2 is 1.93 bits per heavy atom. The highest BCUT2D eigenvalue weighted by atomic mass is 16.1. The molecule has 0 aromatic heterocycles. The minimum absolute atomic E-state index is 0.275. The van der Waals surface area contributed by atoms with Gasteiger partial charge in [-0.1, -0.05) is 36.8 Å². The van der Waals surface area contributed by atoms with Crippen molar-refractivity contribution in [3.8, 4) is 0 Å². The molecule has 1 aliphatic carbocycles. The van der Waals surface area contributed by atoms with E-state index < -0.39 is 0 Å². The Kier molecular flexibility index (Phi) is 2.67. The smallest absolute Gasteiger partial charge is 0.133 e. The monoisotopic (exact) mass is 188 g/mol. The molecule has 0 radical (unpaired) electrons. The van der Waals surface area contributed by atoms with Crippen LogP contribution in [0.15, 0.2) is 30.3 Å². The number of hydrogen-bond donors (Lipinski definition) is 0. The van der Waals surface area contributed by atoms with Gasteiger partial charge in [-0.25, -0.2) is 0 Å². The van der Waals surface area contributed by atoms with Crippen LogP contribution in [0, 0.1) is 5.92 Å². The Balaban J connectivity index is 2.22. The molecule has 1 heteroatoms. The predicted octanol–water partition coefficient (Wildman–Crippen LogP) is 3.16. The van der Waals surface area contributed by atoms with Crippen molar-refractivity contribution in [2.45, 2.75) is 32.1 Å². The summed E-state index contributed by atoms with van der Waals surface area (Å²) >= 11 is 0. The van der Waals surface area contributed by atoms with Crippen molar-refractivity contribution in [2.24, 2.45) is 5.92 Å². The van der Waals surface area contributed by atoms with Crippen molar-refractivity contribution in [1.29, 1.82) is 0 Å². The first kappa shape index (κ1) is 9.45. The predicted molar refractivity (Wildman–Crippen MR) is 57.2 cm³/mol. The average Bonchev–Trinajstić information content (AvgIpc) is 2.67. The summed E-state index contributed by atoms with van der Waals surface area (Å²) in [5.41, 5.74) is 1.34. The van der Waals surface area contributed by atoms with Crippen LogP contribution in [0.2, 0.25) is 0 Å². The third kappa shape index (κ3) is 1.72. The van der Waals surface area contributed by atoms with Gasteiger partial charge in [0.25, 0.3) is 0 Å². The molecular weight excluding hydrogens is 172 g/mol. The zero-order valence-corrected chi connectivity index (χ0v) is 8.57. The summed E-state index contributed by atoms with van der Waals surface area (Å²) in [5, 5.41) is 0. The third-order valence-corrected chi connectivity index (χ3v) is 3.27. The maximum absolute atomic E-state index is 11.4. The van der Waals surface area contributed by atoms with Crippen molar-refractivity contribution < 1.29 is 4.79 Å². The van der Waals surface area contributed by atoms with Crippen LogP contribution in [0.1, 0.15) is 37.7 Å². The first-order valence-corrected chi connectivity index (χ1v) is 5.34. The fourth-order valence-electron chi connectivity index (χ4n) is 2.55. The van der Waals surface area contributed by atoms with E-state index in [0.29, 0.717) is 11.7 Å². The lowest BCUT2D eigenvalue weighted by molar-refractivity contribution is -0.120. The highest BCUT2D eigenvalue weighted by Gasteiger charge is 2.31. The van der Waals surface area contributed by atoms with Gasteiger partial charge in [0.05, 0.1) is 0 Å². The highest BCUT2D eigenvalue weighted by molar-refractivity contribution is 5.79. The van der Waals surface area contributed by atoms with Gasteiger partial charge < -0.3 is 0 Å². The molecule has 1 aromatic carbocycles. The summed E-state index contributed by atoms with van der Waals surface area (Å²) in [4.78, 5) is 11.4. The Morgan fingerprint density at radius 1 is 1.21 bits per heavy atom. The van der Waals surface area contributed by atoms with E-state index in [0.717, 1.165) is 6.42 Å². The molecule has 2 rings (SSSR count). The normalized spacial score (nSPS) is 26.4. The molecule has 0 amide bonds. The number of hydrogen-bond acceptors (Lipinski definition) is 1. The molecule has 0 unspecified atom stereocenters. The molecule has 1 nitrogen and oxygen atoms in total. The number of benzene rings is 1. The second-order valence-electron chi connectivity index (χ2n) is 4.17. The molecule has 1 aliphatic rings. The van der Waals surface area contributed by atoms with E-state index in [1.54, 1.807) is 6.92 Å². The minimum Gasteiger partial charge on any atom is -0.300 e. The molecule has 1 fully saturated rings. The fourth-order valence-corrected chi connectivity index (χ4v) is 2.55. The maximum Gasteiger partial charge on any atom is 0.133 e. The molecule has 0 N–H and O–H groups in total. The lowest BCUT2D eigenvalue weighted by Crippen LogP contribution is -2.14. The quantitative estimate of drug-likeness (QED) is 0.696. The molecular formula is C13H16O. The van der Waals surface area contributed by atoms with Crippen molar-refractivity contribution >= 4 is 5.78 Å². The highest BCUT2D eigenvalue weighted by Crippen LogP contribution is 2.39. The second kappa shape index (κ2) is 3.95. The van der Waals surface area contributed by atoms with E-state index in [1.165, 1.54) is 18.4 Å². The van der Waals surface area contributed by atoms with Crippen molar-refractivity contribution in [3.05, 3.63) is 35.9 Å². The van der Waals surface area contributed by atoms with Crippen molar-refractivity contribution in [3.63, 3.8) is 0 Å². The first-order valence-electron chi connectivity index (χ1n) is 5.34. The Bertz CT molecular complexity index is 315. The van der Waals surface area contributed by atoms with Crippen LogP contribution in [0.4, 0.5) is 0 Å². The Morgan fingerprint density at radius 3 is 2.57 bits per heavy atom. The summed E-state index contributed by atoms with van der Waals surface area (Å²) in [6, 6.07) is 10.4. The largest absolute Gasteiger partial charge is 0.300 e. The zero-order chi connectivity index (χ0) is 9.97. The number of carbonyl (C=O) groups is 1. The van der Waals surface area contributed by atoms with Crippen LogP contribution in [-0.2, 0) is 4.79 Å². The molecule has 0 heterocycles. The molecule has 14 heavy (non-hydrogen) atoms. The van der Waals surface area contributed by atoms with Gasteiger partial charge in [-0.2, -0.15) is 0 Å². The van der Waals surface area contributed by atoms with Crippen molar-refractivity contribution in [2.75, 3.05) is 0 Å². The van der Waals surface area contributed by atoms with E-state index in [1.807, 2.05) is 6.07 Å². The van der Waals surface area contributed by atoms with Gasteiger partial charge in [0.2, 0.25) is 0 Å². The van der Waals surface area contributed by atoms with Crippen LogP contribution in [0.5, 0.6) is 0 Å². The van der Waals surface area contributed by atoms with Crippen LogP contribution in [-0.4, -0.2) is 5.78 Å². The topological polar surface area (TPSA) is 17.1 Å². The molecule has 74 valence electrons. The first-order chi connectivity index (χ1) is 6.79. The standard InChI is InChI=1S/C13H16O/c1-10(14)12-8-5-9-13(12)11-6-3-2-4-7-11/h2-4,6-7,12-13H,5,8-9H2,1H3/t12-,13-/m0/s1. The van der Waals surface area contributed by atoms with Gasteiger partial charge in [0.15, 0.2) is 0 Å². The van der Waals surface area contributed by atoms with Gasteiger partial charge in [0.1, 0.15) is 5.78 Å². The van der Waals surface area contributed by atoms with Crippen molar-refractivity contribution in [1.82, 2.24) is 0 Å². The Labute approximate surface area is 85.1 Å². The molecule has 0 aliphatic heterocycles. The van der Waals surface area contributed by atoms with Crippen LogP contribution in [0.3, 0.4) is 0 Å². The lowest BCUT2D eigenvalue weighted by Gasteiger charge is -2.16.